The fraction of sp³-hybridized carbons (Fsp3) is 0.818. The van der Waals surface area contributed by atoms with Gasteiger partial charge < -0.3 is 19.5 Å². The Balaban J connectivity index is 1.91. The quantitative estimate of drug-likeness (QED) is 0.774. The first-order chi connectivity index (χ1) is 13.6. The highest BCUT2D eigenvalue weighted by molar-refractivity contribution is 5.78. The number of methoxy groups -OCH3 is 1. The summed E-state index contributed by atoms with van der Waals surface area (Å²) in [6.07, 6.45) is 4.17. The highest BCUT2D eigenvalue weighted by Crippen LogP contribution is 2.46. The van der Waals surface area contributed by atoms with Gasteiger partial charge in [-0.15, -0.1) is 0 Å². The van der Waals surface area contributed by atoms with Crippen LogP contribution in [-0.4, -0.2) is 54.6 Å². The molecule has 3 aliphatic rings. The maximum Gasteiger partial charge on any atom is 0.414 e. The van der Waals surface area contributed by atoms with Gasteiger partial charge in [0.05, 0.1) is 6.61 Å². The van der Waals surface area contributed by atoms with Crippen molar-refractivity contribution >= 4 is 12.0 Å². The monoisotopic (exact) mass is 408 g/mol. The summed E-state index contributed by atoms with van der Waals surface area (Å²) in [7, 11) is 1.67. The van der Waals surface area contributed by atoms with Crippen molar-refractivity contribution in [3.63, 3.8) is 0 Å². The lowest BCUT2D eigenvalue weighted by molar-refractivity contribution is -0.193. The van der Waals surface area contributed by atoms with Crippen LogP contribution >= 0.6 is 0 Å². The molecule has 7 heteroatoms. The standard InChI is InChI=1S/C22H36N2O5/c1-14(2)11-18-22(27-6)17(7-8-19(25)23-22)16-9-10-24(12-15(16)13-28-18)20(26)29-21(3,4)5/h12,14,16-18H,7-11,13H2,1-6H3,(H,23,25)/t16-,17-,18+,22+/m0/s1. The molecule has 164 valence electrons. The van der Waals surface area contributed by atoms with E-state index in [1.165, 1.54) is 0 Å². The summed E-state index contributed by atoms with van der Waals surface area (Å²) in [5.74, 6) is 0.729. The maximum atomic E-state index is 12.6. The van der Waals surface area contributed by atoms with E-state index in [9.17, 15) is 9.59 Å². The SMILES string of the molecule is CO[C@]12NC(=O)CC[C@H]1[C@H]1CCN(C(=O)OC(C)(C)C)C=C1CO[C@@H]2CC(C)C. The van der Waals surface area contributed by atoms with Gasteiger partial charge in [-0.1, -0.05) is 13.8 Å². The van der Waals surface area contributed by atoms with Crippen molar-refractivity contribution in [1.29, 1.82) is 0 Å². The summed E-state index contributed by atoms with van der Waals surface area (Å²) >= 11 is 0. The summed E-state index contributed by atoms with van der Waals surface area (Å²) in [5, 5.41) is 3.16. The smallest absolute Gasteiger partial charge is 0.414 e. The van der Waals surface area contributed by atoms with Crippen molar-refractivity contribution in [3.8, 4) is 0 Å². The van der Waals surface area contributed by atoms with E-state index >= 15 is 0 Å². The summed E-state index contributed by atoms with van der Waals surface area (Å²) in [6, 6.07) is 0. The molecule has 0 spiro atoms. The van der Waals surface area contributed by atoms with Gasteiger partial charge in [0.2, 0.25) is 5.91 Å². The molecule has 2 saturated heterocycles. The number of amides is 2. The second-order valence-electron chi connectivity index (χ2n) is 9.89. The van der Waals surface area contributed by atoms with E-state index in [0.29, 0.717) is 25.5 Å². The van der Waals surface area contributed by atoms with Crippen LogP contribution < -0.4 is 5.32 Å². The Morgan fingerprint density at radius 1 is 1.38 bits per heavy atom. The topological polar surface area (TPSA) is 77.1 Å². The molecule has 0 bridgehead atoms. The van der Waals surface area contributed by atoms with Gasteiger partial charge in [0.1, 0.15) is 11.7 Å². The molecule has 3 heterocycles. The highest BCUT2D eigenvalue weighted by Gasteiger charge is 2.55. The van der Waals surface area contributed by atoms with E-state index < -0.39 is 11.3 Å². The first kappa shape index (κ1) is 22.1. The number of fused-ring (bicyclic) bond motifs is 3. The zero-order valence-electron chi connectivity index (χ0n) is 18.6. The number of piperidine rings is 1. The number of hydrogen-bond donors (Lipinski definition) is 1. The molecule has 7 nitrogen and oxygen atoms in total. The fourth-order valence-corrected chi connectivity index (χ4v) is 4.91. The van der Waals surface area contributed by atoms with Crippen molar-refractivity contribution in [3.05, 3.63) is 11.8 Å². The molecule has 0 aliphatic carbocycles. The van der Waals surface area contributed by atoms with E-state index in [-0.39, 0.29) is 29.9 Å². The lowest BCUT2D eigenvalue weighted by atomic mass is 9.70. The zero-order chi connectivity index (χ0) is 21.4. The molecule has 3 aliphatic heterocycles. The number of carbonyl (C=O) groups excluding carboxylic acids is 2. The van der Waals surface area contributed by atoms with Gasteiger partial charge in [0.15, 0.2) is 5.72 Å². The molecule has 2 amide bonds. The van der Waals surface area contributed by atoms with E-state index in [4.69, 9.17) is 14.2 Å². The largest absolute Gasteiger partial charge is 0.443 e. The third-order valence-corrected chi connectivity index (χ3v) is 6.11. The average molecular weight is 409 g/mol. The Hall–Kier alpha value is -1.60. The Morgan fingerprint density at radius 3 is 2.72 bits per heavy atom. The zero-order valence-corrected chi connectivity index (χ0v) is 18.6. The second-order valence-corrected chi connectivity index (χ2v) is 9.89. The molecule has 1 N–H and O–H groups in total. The molecule has 0 saturated carbocycles. The molecule has 0 radical (unpaired) electrons. The molecule has 29 heavy (non-hydrogen) atoms. The number of carbonyl (C=O) groups is 2. The van der Waals surface area contributed by atoms with Gasteiger partial charge in [-0.05, 0) is 57.4 Å². The molecular formula is C22H36N2O5. The molecule has 2 fully saturated rings. The van der Waals surface area contributed by atoms with Gasteiger partial charge in [-0.25, -0.2) is 4.79 Å². The van der Waals surface area contributed by atoms with Crippen LogP contribution in [0.25, 0.3) is 0 Å². The van der Waals surface area contributed by atoms with Gasteiger partial charge in [-0.3, -0.25) is 9.69 Å². The van der Waals surface area contributed by atoms with E-state index in [0.717, 1.165) is 24.8 Å². The molecule has 0 aromatic rings. The molecule has 3 rings (SSSR count). The van der Waals surface area contributed by atoms with Crippen LogP contribution in [0, 0.1) is 17.8 Å². The van der Waals surface area contributed by atoms with E-state index in [1.54, 1.807) is 12.0 Å². The summed E-state index contributed by atoms with van der Waals surface area (Å²) in [5.41, 5.74) is -0.280. The van der Waals surface area contributed by atoms with Crippen molar-refractivity contribution in [2.45, 2.75) is 77.7 Å². The lowest BCUT2D eigenvalue weighted by Gasteiger charge is -2.49. The van der Waals surface area contributed by atoms with Gasteiger partial charge in [0.25, 0.3) is 0 Å². The fourth-order valence-electron chi connectivity index (χ4n) is 4.91. The normalized spacial score (nSPS) is 32.7. The number of rotatable bonds is 3. The van der Waals surface area contributed by atoms with Crippen LogP contribution in [-0.2, 0) is 19.0 Å². The molecule has 0 aromatic carbocycles. The van der Waals surface area contributed by atoms with Crippen LogP contribution in [0.15, 0.2) is 11.8 Å². The summed E-state index contributed by atoms with van der Waals surface area (Å²) in [6.45, 7) is 10.9. The molecule has 0 aromatic heterocycles. The summed E-state index contributed by atoms with van der Waals surface area (Å²) in [4.78, 5) is 26.5. The second kappa shape index (κ2) is 8.26. The maximum absolute atomic E-state index is 12.6. The Labute approximate surface area is 174 Å². The first-order valence-electron chi connectivity index (χ1n) is 10.7. The van der Waals surface area contributed by atoms with Crippen molar-refractivity contribution in [2.24, 2.45) is 17.8 Å². The van der Waals surface area contributed by atoms with Crippen LogP contribution in [0.2, 0.25) is 0 Å². The Morgan fingerprint density at radius 2 is 2.10 bits per heavy atom. The molecule has 0 unspecified atom stereocenters. The van der Waals surface area contributed by atoms with Crippen LogP contribution in [0.3, 0.4) is 0 Å². The third kappa shape index (κ3) is 4.61. The van der Waals surface area contributed by atoms with Gasteiger partial charge in [-0.2, -0.15) is 0 Å². The van der Waals surface area contributed by atoms with Crippen molar-refractivity contribution in [1.82, 2.24) is 10.2 Å². The number of ether oxygens (including phenoxy) is 3. The predicted molar refractivity (Wildman–Crippen MR) is 109 cm³/mol. The van der Waals surface area contributed by atoms with Gasteiger partial charge in [0, 0.05) is 32.2 Å². The van der Waals surface area contributed by atoms with Crippen molar-refractivity contribution in [2.75, 3.05) is 20.3 Å². The molecule has 4 atom stereocenters. The number of nitrogens with zero attached hydrogens (tertiary/aromatic N) is 1. The van der Waals surface area contributed by atoms with Gasteiger partial charge >= 0.3 is 6.09 Å². The lowest BCUT2D eigenvalue weighted by Crippen LogP contribution is -2.66. The minimum absolute atomic E-state index is 0.0130. The highest BCUT2D eigenvalue weighted by atomic mass is 16.6. The minimum Gasteiger partial charge on any atom is -0.443 e. The average Bonchev–Trinajstić information content (AvgIpc) is 2.75. The number of nitrogens with one attached hydrogen (secondary N) is 1. The summed E-state index contributed by atoms with van der Waals surface area (Å²) < 4.78 is 17.9. The third-order valence-electron chi connectivity index (χ3n) is 6.11. The van der Waals surface area contributed by atoms with E-state index in [2.05, 4.69) is 19.2 Å². The molecular weight excluding hydrogens is 372 g/mol. The van der Waals surface area contributed by atoms with Crippen LogP contribution in [0.5, 0.6) is 0 Å². The number of hydrogen-bond acceptors (Lipinski definition) is 5. The van der Waals surface area contributed by atoms with Crippen molar-refractivity contribution < 1.29 is 23.8 Å². The van der Waals surface area contributed by atoms with Crippen LogP contribution in [0.1, 0.15) is 60.3 Å². The Kier molecular flexibility index (Phi) is 6.30. The Bertz CT molecular complexity index is 669. The first-order valence-corrected chi connectivity index (χ1v) is 10.7. The van der Waals surface area contributed by atoms with Crippen LogP contribution in [0.4, 0.5) is 4.79 Å². The predicted octanol–water partition coefficient (Wildman–Crippen LogP) is 3.44. The minimum atomic E-state index is -0.825. The van der Waals surface area contributed by atoms with E-state index in [1.807, 2.05) is 27.0 Å².